The Balaban J connectivity index is 0.00000176. The van der Waals surface area contributed by atoms with Crippen LogP contribution in [0.4, 0.5) is 0 Å². The normalized spacial score (nSPS) is 20.4. The first-order chi connectivity index (χ1) is 10.2. The third-order valence-electron chi connectivity index (χ3n) is 4.11. The molecule has 2 unspecified atom stereocenters. The van der Waals surface area contributed by atoms with E-state index in [-0.39, 0.29) is 18.4 Å². The Labute approximate surface area is 136 Å². The van der Waals surface area contributed by atoms with Crippen molar-refractivity contribution in [3.05, 3.63) is 60.2 Å². The molecule has 0 aliphatic carbocycles. The second-order valence-electron chi connectivity index (χ2n) is 5.67. The van der Waals surface area contributed by atoms with Gasteiger partial charge in [-0.2, -0.15) is 0 Å². The molecule has 1 aliphatic heterocycles. The molecular weight excluding hydrogens is 298 g/mol. The number of aliphatic carboxylic acids is 1. The Hall–Kier alpha value is -1.84. The van der Waals surface area contributed by atoms with E-state index in [2.05, 4.69) is 41.7 Å². The molecule has 1 saturated heterocycles. The van der Waals surface area contributed by atoms with Gasteiger partial charge in [-0.15, -0.1) is 12.4 Å². The SMILES string of the molecule is Cl.O=C(O)C1CC(Cc2ccc(-c3ccccc3)cc2)CN1. The van der Waals surface area contributed by atoms with Crippen LogP contribution in [0.1, 0.15) is 12.0 Å². The molecule has 0 saturated carbocycles. The molecule has 1 aliphatic rings. The summed E-state index contributed by atoms with van der Waals surface area (Å²) < 4.78 is 0. The van der Waals surface area contributed by atoms with Gasteiger partial charge in [-0.05, 0) is 42.0 Å². The quantitative estimate of drug-likeness (QED) is 0.909. The number of carboxylic acid groups (broad SMARTS) is 1. The van der Waals surface area contributed by atoms with Gasteiger partial charge in [0.1, 0.15) is 6.04 Å². The summed E-state index contributed by atoms with van der Waals surface area (Å²) in [6.07, 6.45) is 1.65. The Kier molecular flexibility index (Phi) is 5.58. The topological polar surface area (TPSA) is 49.3 Å². The van der Waals surface area contributed by atoms with Crippen molar-refractivity contribution in [3.8, 4) is 11.1 Å². The molecule has 3 nitrogen and oxygen atoms in total. The minimum atomic E-state index is -0.739. The maximum atomic E-state index is 10.9. The van der Waals surface area contributed by atoms with Gasteiger partial charge in [0.15, 0.2) is 0 Å². The lowest BCUT2D eigenvalue weighted by Crippen LogP contribution is -2.29. The van der Waals surface area contributed by atoms with Gasteiger partial charge < -0.3 is 10.4 Å². The molecule has 1 heterocycles. The van der Waals surface area contributed by atoms with Crippen LogP contribution in [0.25, 0.3) is 11.1 Å². The Morgan fingerprint density at radius 2 is 1.68 bits per heavy atom. The van der Waals surface area contributed by atoms with Crippen molar-refractivity contribution in [2.75, 3.05) is 6.54 Å². The standard InChI is InChI=1S/C18H19NO2.ClH/c20-18(21)17-11-14(12-19-17)10-13-6-8-16(9-7-13)15-4-2-1-3-5-15;/h1-9,14,17,19H,10-12H2,(H,20,21);1H. The molecule has 0 bridgehead atoms. The number of hydrogen-bond acceptors (Lipinski definition) is 2. The zero-order valence-corrected chi connectivity index (χ0v) is 13.1. The number of benzene rings is 2. The largest absolute Gasteiger partial charge is 0.480 e. The van der Waals surface area contributed by atoms with E-state index < -0.39 is 5.97 Å². The summed E-state index contributed by atoms with van der Waals surface area (Å²) in [4.78, 5) is 10.9. The van der Waals surface area contributed by atoms with Crippen molar-refractivity contribution in [1.82, 2.24) is 5.32 Å². The lowest BCUT2D eigenvalue weighted by atomic mass is 9.95. The van der Waals surface area contributed by atoms with Gasteiger partial charge in [0.25, 0.3) is 0 Å². The minimum absolute atomic E-state index is 0. The molecule has 0 radical (unpaired) electrons. The third-order valence-corrected chi connectivity index (χ3v) is 4.11. The van der Waals surface area contributed by atoms with E-state index in [1.165, 1.54) is 16.7 Å². The molecule has 2 aromatic rings. The molecular formula is C18H20ClNO2. The van der Waals surface area contributed by atoms with Gasteiger partial charge in [0.05, 0.1) is 0 Å². The third kappa shape index (κ3) is 3.87. The van der Waals surface area contributed by atoms with Gasteiger partial charge >= 0.3 is 5.97 Å². The molecule has 2 N–H and O–H groups in total. The Morgan fingerprint density at radius 3 is 2.27 bits per heavy atom. The maximum Gasteiger partial charge on any atom is 0.320 e. The fourth-order valence-corrected chi connectivity index (χ4v) is 2.95. The summed E-state index contributed by atoms with van der Waals surface area (Å²) in [6.45, 7) is 0.789. The van der Waals surface area contributed by atoms with Gasteiger partial charge in [-0.25, -0.2) is 0 Å². The second kappa shape index (κ2) is 7.43. The molecule has 0 aromatic heterocycles. The first-order valence-electron chi connectivity index (χ1n) is 7.33. The van der Waals surface area contributed by atoms with Gasteiger partial charge in [0, 0.05) is 0 Å². The van der Waals surface area contributed by atoms with Crippen molar-refractivity contribution in [2.45, 2.75) is 18.9 Å². The maximum absolute atomic E-state index is 10.9. The van der Waals surface area contributed by atoms with Crippen LogP contribution in [0, 0.1) is 5.92 Å². The van der Waals surface area contributed by atoms with E-state index in [1.807, 2.05) is 18.2 Å². The van der Waals surface area contributed by atoms with E-state index in [4.69, 9.17) is 5.11 Å². The Bertz CT molecular complexity index is 613. The van der Waals surface area contributed by atoms with Crippen molar-refractivity contribution in [1.29, 1.82) is 0 Å². The number of halogens is 1. The van der Waals surface area contributed by atoms with Crippen LogP contribution in [0.5, 0.6) is 0 Å². The average Bonchev–Trinajstić information content (AvgIpc) is 2.98. The van der Waals surface area contributed by atoms with Crippen LogP contribution < -0.4 is 5.32 Å². The van der Waals surface area contributed by atoms with Crippen molar-refractivity contribution in [2.24, 2.45) is 5.92 Å². The average molecular weight is 318 g/mol. The highest BCUT2D eigenvalue weighted by molar-refractivity contribution is 5.85. The lowest BCUT2D eigenvalue weighted by molar-refractivity contribution is -0.139. The van der Waals surface area contributed by atoms with Gasteiger partial charge in [0.2, 0.25) is 0 Å². The molecule has 1 fully saturated rings. The second-order valence-corrected chi connectivity index (χ2v) is 5.67. The van der Waals surface area contributed by atoms with E-state index in [1.54, 1.807) is 0 Å². The Morgan fingerprint density at radius 1 is 1.05 bits per heavy atom. The molecule has 22 heavy (non-hydrogen) atoms. The van der Waals surface area contributed by atoms with E-state index in [0.29, 0.717) is 5.92 Å². The summed E-state index contributed by atoms with van der Waals surface area (Å²) in [7, 11) is 0. The van der Waals surface area contributed by atoms with E-state index in [9.17, 15) is 4.79 Å². The van der Waals surface area contributed by atoms with Crippen LogP contribution in [-0.4, -0.2) is 23.7 Å². The lowest BCUT2D eigenvalue weighted by Gasteiger charge is -2.09. The first kappa shape index (κ1) is 16.5. The van der Waals surface area contributed by atoms with Crippen LogP contribution >= 0.6 is 12.4 Å². The highest BCUT2D eigenvalue weighted by atomic mass is 35.5. The van der Waals surface area contributed by atoms with Crippen LogP contribution in [0.15, 0.2) is 54.6 Å². The van der Waals surface area contributed by atoms with Gasteiger partial charge in [-0.1, -0.05) is 54.6 Å². The van der Waals surface area contributed by atoms with Crippen molar-refractivity contribution >= 4 is 18.4 Å². The molecule has 2 atom stereocenters. The summed E-state index contributed by atoms with van der Waals surface area (Å²) in [5.41, 5.74) is 3.71. The molecule has 3 rings (SSSR count). The van der Waals surface area contributed by atoms with Crippen molar-refractivity contribution in [3.63, 3.8) is 0 Å². The number of carbonyl (C=O) groups is 1. The summed E-state index contributed by atoms with van der Waals surface area (Å²) in [5, 5.41) is 12.1. The molecule has 2 aromatic carbocycles. The van der Waals surface area contributed by atoms with Crippen molar-refractivity contribution < 1.29 is 9.90 Å². The monoisotopic (exact) mass is 317 g/mol. The summed E-state index contributed by atoms with van der Waals surface area (Å²) in [5.74, 6) is -0.328. The van der Waals surface area contributed by atoms with Crippen LogP contribution in [0.2, 0.25) is 0 Å². The molecule has 0 amide bonds. The predicted octanol–water partition coefficient (Wildman–Crippen LogP) is 3.38. The number of hydrogen-bond donors (Lipinski definition) is 2. The summed E-state index contributed by atoms with van der Waals surface area (Å²) >= 11 is 0. The number of nitrogens with one attached hydrogen (secondary N) is 1. The fraction of sp³-hybridized carbons (Fsp3) is 0.278. The molecule has 116 valence electrons. The highest BCUT2D eigenvalue weighted by Gasteiger charge is 2.28. The molecule has 0 spiro atoms. The smallest absolute Gasteiger partial charge is 0.320 e. The zero-order chi connectivity index (χ0) is 14.7. The number of carboxylic acids is 1. The van der Waals surface area contributed by atoms with E-state index in [0.717, 1.165) is 19.4 Å². The van der Waals surface area contributed by atoms with Gasteiger partial charge in [-0.3, -0.25) is 4.79 Å². The zero-order valence-electron chi connectivity index (χ0n) is 12.2. The number of rotatable bonds is 4. The first-order valence-corrected chi connectivity index (χ1v) is 7.33. The van der Waals surface area contributed by atoms with Crippen LogP contribution in [0.3, 0.4) is 0 Å². The summed E-state index contributed by atoms with van der Waals surface area (Å²) in [6, 6.07) is 18.5. The predicted molar refractivity (Wildman–Crippen MR) is 90.4 cm³/mol. The van der Waals surface area contributed by atoms with E-state index >= 15 is 0 Å². The molecule has 4 heteroatoms. The minimum Gasteiger partial charge on any atom is -0.480 e. The fourth-order valence-electron chi connectivity index (χ4n) is 2.95. The highest BCUT2D eigenvalue weighted by Crippen LogP contribution is 2.23. The van der Waals surface area contributed by atoms with Crippen LogP contribution in [-0.2, 0) is 11.2 Å².